The zero-order valence-corrected chi connectivity index (χ0v) is 10.1. The molecule has 1 unspecified atom stereocenters. The van der Waals surface area contributed by atoms with Crippen molar-refractivity contribution < 1.29 is 4.79 Å². The summed E-state index contributed by atoms with van der Waals surface area (Å²) in [6.45, 7) is 2.74. The van der Waals surface area contributed by atoms with Gasteiger partial charge in [0.15, 0.2) is 0 Å². The number of carbonyl (C=O) groups is 1. The van der Waals surface area contributed by atoms with Crippen LogP contribution in [0.3, 0.4) is 0 Å². The molecule has 2 N–H and O–H groups in total. The number of nitrogens with zero attached hydrogens (tertiary/aromatic N) is 1. The van der Waals surface area contributed by atoms with Gasteiger partial charge in [-0.3, -0.25) is 4.79 Å². The van der Waals surface area contributed by atoms with E-state index in [1.807, 2.05) is 6.07 Å². The SMILES string of the molecule is O=C1NC2CCNCCN2c2cc(Cl)ccc21. The van der Waals surface area contributed by atoms with Crippen LogP contribution in [0.25, 0.3) is 0 Å². The first kappa shape index (κ1) is 10.9. The lowest BCUT2D eigenvalue weighted by molar-refractivity contribution is 0.0926. The summed E-state index contributed by atoms with van der Waals surface area (Å²) in [6.07, 6.45) is 1.00. The fourth-order valence-electron chi connectivity index (χ4n) is 2.48. The highest BCUT2D eigenvalue weighted by Gasteiger charge is 2.31. The van der Waals surface area contributed by atoms with Crippen LogP contribution in [0, 0.1) is 0 Å². The molecule has 2 aliphatic heterocycles. The minimum absolute atomic E-state index is 0.000170. The molecule has 1 aromatic carbocycles. The molecule has 2 heterocycles. The molecular formula is C12H14ClN3O. The number of rotatable bonds is 0. The molecule has 1 saturated heterocycles. The van der Waals surface area contributed by atoms with E-state index in [2.05, 4.69) is 15.5 Å². The molecule has 0 saturated carbocycles. The maximum atomic E-state index is 12.0. The van der Waals surface area contributed by atoms with Crippen molar-refractivity contribution in [2.45, 2.75) is 12.6 Å². The van der Waals surface area contributed by atoms with Gasteiger partial charge in [0.2, 0.25) is 0 Å². The van der Waals surface area contributed by atoms with Crippen molar-refractivity contribution in [1.82, 2.24) is 10.6 Å². The minimum atomic E-state index is -0.000170. The van der Waals surface area contributed by atoms with E-state index in [0.29, 0.717) is 10.6 Å². The second-order valence-electron chi connectivity index (χ2n) is 4.38. The Labute approximate surface area is 105 Å². The molecule has 0 aromatic heterocycles. The van der Waals surface area contributed by atoms with Gasteiger partial charge in [-0.15, -0.1) is 0 Å². The van der Waals surface area contributed by atoms with Gasteiger partial charge in [-0.2, -0.15) is 0 Å². The van der Waals surface area contributed by atoms with Crippen LogP contribution in [-0.4, -0.2) is 31.7 Å². The summed E-state index contributed by atoms with van der Waals surface area (Å²) in [5.74, 6) is -0.000170. The fraction of sp³-hybridized carbons (Fsp3) is 0.417. The van der Waals surface area contributed by atoms with Gasteiger partial charge in [0.1, 0.15) is 6.17 Å². The number of anilines is 1. The highest BCUT2D eigenvalue weighted by atomic mass is 35.5. The lowest BCUT2D eigenvalue weighted by Gasteiger charge is -2.37. The van der Waals surface area contributed by atoms with E-state index in [4.69, 9.17) is 11.6 Å². The average Bonchev–Trinajstić information content (AvgIpc) is 2.54. The van der Waals surface area contributed by atoms with Gasteiger partial charge in [0.25, 0.3) is 5.91 Å². The molecule has 90 valence electrons. The molecule has 3 rings (SSSR count). The van der Waals surface area contributed by atoms with Crippen LogP contribution in [0.2, 0.25) is 5.02 Å². The molecule has 0 spiro atoms. The Hall–Kier alpha value is -1.26. The Bertz CT molecular complexity index is 463. The van der Waals surface area contributed by atoms with Crippen molar-refractivity contribution in [3.05, 3.63) is 28.8 Å². The molecule has 1 amide bonds. The highest BCUT2D eigenvalue weighted by Crippen LogP contribution is 2.30. The molecule has 1 aromatic rings. The van der Waals surface area contributed by atoms with Crippen LogP contribution in [0.1, 0.15) is 16.8 Å². The smallest absolute Gasteiger partial charge is 0.254 e. The number of fused-ring (bicyclic) bond motifs is 3. The van der Waals surface area contributed by atoms with Crippen molar-refractivity contribution in [2.24, 2.45) is 0 Å². The van der Waals surface area contributed by atoms with Crippen molar-refractivity contribution in [3.63, 3.8) is 0 Å². The molecular weight excluding hydrogens is 238 g/mol. The lowest BCUT2D eigenvalue weighted by Crippen LogP contribution is -2.53. The lowest BCUT2D eigenvalue weighted by atomic mass is 10.1. The van der Waals surface area contributed by atoms with Crippen molar-refractivity contribution in [2.75, 3.05) is 24.5 Å². The van der Waals surface area contributed by atoms with Gasteiger partial charge in [0.05, 0.1) is 11.3 Å². The molecule has 5 heteroatoms. The number of hydrogen-bond donors (Lipinski definition) is 2. The van der Waals surface area contributed by atoms with E-state index in [-0.39, 0.29) is 12.1 Å². The standard InChI is InChI=1S/C12H14ClN3O/c13-8-1-2-9-10(7-8)16-6-5-14-4-3-11(16)15-12(9)17/h1-2,7,11,14H,3-6H2,(H,15,17). The maximum absolute atomic E-state index is 12.0. The molecule has 0 bridgehead atoms. The summed E-state index contributed by atoms with van der Waals surface area (Å²) < 4.78 is 0. The summed E-state index contributed by atoms with van der Waals surface area (Å²) in [5.41, 5.74) is 1.67. The van der Waals surface area contributed by atoms with E-state index >= 15 is 0 Å². The quantitative estimate of drug-likeness (QED) is 0.729. The number of nitrogens with one attached hydrogen (secondary N) is 2. The Morgan fingerprint density at radius 3 is 3.12 bits per heavy atom. The fourth-order valence-corrected chi connectivity index (χ4v) is 2.64. The number of carbonyl (C=O) groups excluding carboxylic acids is 1. The third-order valence-electron chi connectivity index (χ3n) is 3.31. The summed E-state index contributed by atoms with van der Waals surface area (Å²) in [5, 5.41) is 7.05. The molecule has 4 nitrogen and oxygen atoms in total. The van der Waals surface area contributed by atoms with Gasteiger partial charge in [-0.1, -0.05) is 11.6 Å². The van der Waals surface area contributed by atoms with Gasteiger partial charge in [-0.05, 0) is 31.2 Å². The second-order valence-corrected chi connectivity index (χ2v) is 4.82. The maximum Gasteiger partial charge on any atom is 0.254 e. The normalized spacial score (nSPS) is 23.5. The first-order chi connectivity index (χ1) is 8.25. The molecule has 1 atom stereocenters. The third-order valence-corrected chi connectivity index (χ3v) is 3.55. The largest absolute Gasteiger partial charge is 0.349 e. The molecule has 0 radical (unpaired) electrons. The molecule has 1 fully saturated rings. The Morgan fingerprint density at radius 1 is 1.35 bits per heavy atom. The van der Waals surface area contributed by atoms with Crippen LogP contribution in [0.15, 0.2) is 18.2 Å². The van der Waals surface area contributed by atoms with Crippen molar-refractivity contribution in [1.29, 1.82) is 0 Å². The number of hydrogen-bond acceptors (Lipinski definition) is 3. The van der Waals surface area contributed by atoms with E-state index < -0.39 is 0 Å². The highest BCUT2D eigenvalue weighted by molar-refractivity contribution is 6.31. The van der Waals surface area contributed by atoms with Crippen LogP contribution >= 0.6 is 11.6 Å². The van der Waals surface area contributed by atoms with Gasteiger partial charge < -0.3 is 15.5 Å². The first-order valence-electron chi connectivity index (χ1n) is 5.83. The van der Waals surface area contributed by atoms with E-state index in [1.54, 1.807) is 12.1 Å². The Balaban J connectivity index is 2.06. The van der Waals surface area contributed by atoms with E-state index in [0.717, 1.165) is 31.7 Å². The molecule has 17 heavy (non-hydrogen) atoms. The van der Waals surface area contributed by atoms with Crippen LogP contribution < -0.4 is 15.5 Å². The van der Waals surface area contributed by atoms with Crippen LogP contribution in [-0.2, 0) is 0 Å². The topological polar surface area (TPSA) is 44.4 Å². The molecule has 0 aliphatic carbocycles. The van der Waals surface area contributed by atoms with Gasteiger partial charge in [-0.25, -0.2) is 0 Å². The minimum Gasteiger partial charge on any atom is -0.349 e. The monoisotopic (exact) mass is 251 g/mol. The van der Waals surface area contributed by atoms with Crippen LogP contribution in [0.4, 0.5) is 5.69 Å². The number of amides is 1. The number of halogens is 1. The summed E-state index contributed by atoms with van der Waals surface area (Å²) in [4.78, 5) is 14.2. The zero-order valence-electron chi connectivity index (χ0n) is 9.37. The van der Waals surface area contributed by atoms with Crippen LogP contribution in [0.5, 0.6) is 0 Å². The predicted octanol–water partition coefficient (Wildman–Crippen LogP) is 1.21. The molecule has 2 aliphatic rings. The summed E-state index contributed by atoms with van der Waals surface area (Å²) in [6, 6.07) is 5.44. The average molecular weight is 252 g/mol. The van der Waals surface area contributed by atoms with E-state index in [9.17, 15) is 4.79 Å². The van der Waals surface area contributed by atoms with Gasteiger partial charge >= 0.3 is 0 Å². The Kier molecular flexibility index (Phi) is 2.68. The number of benzene rings is 1. The Morgan fingerprint density at radius 2 is 2.24 bits per heavy atom. The van der Waals surface area contributed by atoms with Gasteiger partial charge in [0, 0.05) is 18.1 Å². The third kappa shape index (κ3) is 1.87. The summed E-state index contributed by atoms with van der Waals surface area (Å²) >= 11 is 6.02. The van der Waals surface area contributed by atoms with Crippen molar-refractivity contribution in [3.8, 4) is 0 Å². The second kappa shape index (κ2) is 4.20. The predicted molar refractivity (Wildman–Crippen MR) is 67.5 cm³/mol. The van der Waals surface area contributed by atoms with Crippen molar-refractivity contribution >= 4 is 23.2 Å². The summed E-state index contributed by atoms with van der Waals surface area (Å²) in [7, 11) is 0. The zero-order chi connectivity index (χ0) is 11.8. The van der Waals surface area contributed by atoms with E-state index in [1.165, 1.54) is 0 Å². The first-order valence-corrected chi connectivity index (χ1v) is 6.21.